The van der Waals surface area contributed by atoms with E-state index in [-0.39, 0.29) is 0 Å². The maximum Gasteiger partial charge on any atom is 0.318 e. The zero-order valence-corrected chi connectivity index (χ0v) is 14.3. The molecule has 0 saturated carbocycles. The fourth-order valence-corrected chi connectivity index (χ4v) is 2.78. The molecule has 2 aromatic carbocycles. The van der Waals surface area contributed by atoms with Crippen LogP contribution < -0.4 is 4.83 Å². The van der Waals surface area contributed by atoms with E-state index >= 15 is 0 Å². The number of hydrazone groups is 1. The van der Waals surface area contributed by atoms with Gasteiger partial charge in [0, 0.05) is 18.2 Å². The van der Waals surface area contributed by atoms with Crippen LogP contribution in [0, 0.1) is 30.3 Å². The molecule has 0 aliphatic rings. The Morgan fingerprint density at radius 2 is 1.61 bits per heavy atom. The first-order valence-electron chi connectivity index (χ1n) is 6.98. The summed E-state index contributed by atoms with van der Waals surface area (Å²) >= 11 is 0. The van der Waals surface area contributed by atoms with Crippen LogP contribution in [0.4, 0.5) is 17.1 Å². The van der Waals surface area contributed by atoms with Crippen LogP contribution in [0.3, 0.4) is 0 Å². The van der Waals surface area contributed by atoms with E-state index in [0.29, 0.717) is 12.3 Å². The Balaban J connectivity index is 2.36. The molecule has 0 fully saturated rings. The number of hydrogen-bond acceptors (Lipinski definition) is 10. The lowest BCUT2D eigenvalue weighted by Crippen LogP contribution is -2.18. The van der Waals surface area contributed by atoms with Gasteiger partial charge in [-0.15, -0.1) is 0 Å². The van der Waals surface area contributed by atoms with Crippen LogP contribution in [0.1, 0.15) is 5.56 Å². The van der Waals surface area contributed by atoms with Gasteiger partial charge in [-0.1, -0.05) is 6.07 Å². The molecule has 0 spiro atoms. The maximum absolute atomic E-state index is 12.1. The van der Waals surface area contributed by atoms with E-state index in [1.165, 1.54) is 0 Å². The lowest BCUT2D eigenvalue weighted by Gasteiger charge is -2.04. The Bertz CT molecular complexity index is 1110. The summed E-state index contributed by atoms with van der Waals surface area (Å²) in [6.07, 6.45) is 0.615. The molecule has 14 nitrogen and oxygen atoms in total. The molecule has 0 aliphatic heterocycles. The summed E-state index contributed by atoms with van der Waals surface area (Å²) in [5.74, 6) is -0.964. The number of aromatic hydroxyl groups is 1. The third kappa shape index (κ3) is 4.33. The zero-order chi connectivity index (χ0) is 21.1. The maximum atomic E-state index is 12.1. The number of nitro groups is 3. The van der Waals surface area contributed by atoms with Crippen molar-refractivity contribution in [2.75, 3.05) is 0 Å². The van der Waals surface area contributed by atoms with Crippen molar-refractivity contribution in [2.24, 2.45) is 5.10 Å². The van der Waals surface area contributed by atoms with Crippen LogP contribution >= 0.6 is 0 Å². The van der Waals surface area contributed by atoms with Crippen molar-refractivity contribution in [1.82, 2.24) is 4.83 Å². The Labute approximate surface area is 155 Å². The van der Waals surface area contributed by atoms with E-state index in [4.69, 9.17) is 0 Å². The SMILES string of the molecule is O=[N+]([O-])c1cccc(S(=O)(=O)N/N=C/c2cc([N+](=O)[O-])cc([N+](=O)[O-])c2O)c1. The van der Waals surface area contributed by atoms with Crippen molar-refractivity contribution in [3.8, 4) is 5.75 Å². The predicted molar refractivity (Wildman–Crippen MR) is 92.4 cm³/mol. The molecule has 0 saturated heterocycles. The van der Waals surface area contributed by atoms with Gasteiger partial charge in [-0.25, -0.2) is 4.83 Å². The van der Waals surface area contributed by atoms with E-state index in [0.717, 1.165) is 30.3 Å². The van der Waals surface area contributed by atoms with Gasteiger partial charge in [0.05, 0.1) is 37.5 Å². The van der Waals surface area contributed by atoms with Gasteiger partial charge in [0.15, 0.2) is 0 Å². The number of hydrogen-bond donors (Lipinski definition) is 2. The quantitative estimate of drug-likeness (QED) is 0.383. The van der Waals surface area contributed by atoms with Crippen molar-refractivity contribution in [1.29, 1.82) is 0 Å². The summed E-state index contributed by atoms with van der Waals surface area (Å²) < 4.78 is 24.2. The van der Waals surface area contributed by atoms with E-state index < -0.39 is 58.1 Å². The first-order chi connectivity index (χ1) is 13.0. The number of non-ortho nitro benzene ring substituents is 2. The topological polar surface area (TPSA) is 208 Å². The van der Waals surface area contributed by atoms with Crippen LogP contribution in [0.15, 0.2) is 46.4 Å². The molecule has 0 atom stereocenters. The summed E-state index contributed by atoms with van der Waals surface area (Å²) in [6, 6.07) is 5.30. The van der Waals surface area contributed by atoms with E-state index in [1.807, 2.05) is 0 Å². The number of phenols is 1. The van der Waals surface area contributed by atoms with Gasteiger partial charge in [-0.2, -0.15) is 13.5 Å². The zero-order valence-electron chi connectivity index (χ0n) is 13.5. The van der Waals surface area contributed by atoms with Crippen molar-refractivity contribution in [2.45, 2.75) is 4.90 Å². The van der Waals surface area contributed by atoms with Crippen LogP contribution in [0.2, 0.25) is 0 Å². The van der Waals surface area contributed by atoms with E-state index in [9.17, 15) is 43.9 Å². The average molecular weight is 411 g/mol. The standard InChI is InChI=1S/C13H9N5O9S/c19-13-8(4-10(17(22)23)6-12(13)18(24)25)7-14-15-28(26,27)11-3-1-2-9(5-11)16(20)21/h1-7,15,19H/b14-7+. The lowest BCUT2D eigenvalue weighted by atomic mass is 10.1. The minimum atomic E-state index is -4.35. The van der Waals surface area contributed by atoms with Crippen molar-refractivity contribution in [3.05, 3.63) is 72.3 Å². The van der Waals surface area contributed by atoms with Crippen LogP contribution in [-0.2, 0) is 10.0 Å². The van der Waals surface area contributed by atoms with Crippen molar-refractivity contribution in [3.63, 3.8) is 0 Å². The van der Waals surface area contributed by atoms with Gasteiger partial charge < -0.3 is 5.11 Å². The third-order valence-electron chi connectivity index (χ3n) is 3.23. The number of nitrogens with zero attached hydrogens (tertiary/aromatic N) is 4. The van der Waals surface area contributed by atoms with Crippen LogP contribution in [0.25, 0.3) is 0 Å². The van der Waals surface area contributed by atoms with E-state index in [1.54, 1.807) is 4.83 Å². The summed E-state index contributed by atoms with van der Waals surface area (Å²) in [5, 5.41) is 45.5. The Morgan fingerprint density at radius 1 is 0.964 bits per heavy atom. The molecule has 146 valence electrons. The second-order valence-electron chi connectivity index (χ2n) is 5.02. The monoisotopic (exact) mass is 411 g/mol. The fourth-order valence-electron chi connectivity index (χ4n) is 1.95. The summed E-state index contributed by atoms with van der Waals surface area (Å²) in [7, 11) is -4.35. The molecule has 0 radical (unpaired) electrons. The van der Waals surface area contributed by atoms with Gasteiger partial charge >= 0.3 is 5.69 Å². The minimum absolute atomic E-state index is 0.487. The Hall–Kier alpha value is -4.14. The van der Waals surface area contributed by atoms with Crippen LogP contribution in [0.5, 0.6) is 5.75 Å². The number of benzene rings is 2. The molecule has 0 bridgehead atoms. The molecule has 28 heavy (non-hydrogen) atoms. The highest BCUT2D eigenvalue weighted by Crippen LogP contribution is 2.33. The Kier molecular flexibility index (Phi) is 5.49. The molecule has 0 unspecified atom stereocenters. The van der Waals surface area contributed by atoms with Gasteiger partial charge in [-0.05, 0) is 6.07 Å². The molecule has 0 aliphatic carbocycles. The average Bonchev–Trinajstić information content (AvgIpc) is 2.62. The smallest absolute Gasteiger partial charge is 0.318 e. The first-order valence-corrected chi connectivity index (χ1v) is 8.46. The molecule has 0 heterocycles. The molecule has 0 aromatic heterocycles. The number of nitrogens with one attached hydrogen (secondary N) is 1. The molecule has 2 N–H and O–H groups in total. The highest BCUT2D eigenvalue weighted by atomic mass is 32.2. The first kappa shape index (κ1) is 20.2. The second-order valence-corrected chi connectivity index (χ2v) is 6.69. The molecule has 2 rings (SSSR count). The highest BCUT2D eigenvalue weighted by Gasteiger charge is 2.23. The molecular formula is C13H9N5O9S. The van der Waals surface area contributed by atoms with Gasteiger partial charge in [-0.3, -0.25) is 30.3 Å². The van der Waals surface area contributed by atoms with Gasteiger partial charge in [0.1, 0.15) is 0 Å². The number of rotatable bonds is 7. The number of nitro benzene ring substituents is 3. The van der Waals surface area contributed by atoms with Gasteiger partial charge in [0.2, 0.25) is 5.75 Å². The highest BCUT2D eigenvalue weighted by molar-refractivity contribution is 7.89. The molecule has 0 amide bonds. The molecule has 15 heteroatoms. The normalized spacial score (nSPS) is 11.3. The molecule has 2 aromatic rings. The van der Waals surface area contributed by atoms with Crippen LogP contribution in [-0.4, -0.2) is 34.5 Å². The summed E-state index contributed by atoms with van der Waals surface area (Å²) in [4.78, 5) is 30.8. The largest absolute Gasteiger partial charge is 0.502 e. The van der Waals surface area contributed by atoms with Crippen molar-refractivity contribution < 1.29 is 28.3 Å². The Morgan fingerprint density at radius 3 is 2.18 bits per heavy atom. The lowest BCUT2D eigenvalue weighted by molar-refractivity contribution is -0.394. The van der Waals surface area contributed by atoms with E-state index in [2.05, 4.69) is 5.10 Å². The number of sulfonamides is 1. The molecular weight excluding hydrogens is 402 g/mol. The third-order valence-corrected chi connectivity index (χ3v) is 4.45. The minimum Gasteiger partial charge on any atom is -0.502 e. The number of phenolic OH excluding ortho intramolecular Hbond substituents is 1. The summed E-state index contributed by atoms with van der Waals surface area (Å²) in [5.41, 5.74) is -2.69. The van der Waals surface area contributed by atoms with Crippen molar-refractivity contribution >= 4 is 33.3 Å². The predicted octanol–water partition coefficient (Wildman–Crippen LogP) is 1.43. The van der Waals surface area contributed by atoms with Gasteiger partial charge in [0.25, 0.3) is 21.4 Å². The fraction of sp³-hybridized carbons (Fsp3) is 0. The second kappa shape index (κ2) is 7.62. The summed E-state index contributed by atoms with van der Waals surface area (Å²) in [6.45, 7) is 0.